The number of hydrogen-bond acceptors (Lipinski definition) is 21. The molecule has 3 atom stereocenters. The van der Waals surface area contributed by atoms with Crippen LogP contribution >= 0.6 is 22.7 Å². The maximum atomic E-state index is 14.5. The highest BCUT2D eigenvalue weighted by Gasteiger charge is 2.46. The van der Waals surface area contributed by atoms with E-state index in [2.05, 4.69) is 30.9 Å². The zero-order valence-corrected chi connectivity index (χ0v) is 49.9. The topological polar surface area (TPSA) is 288 Å². The Hall–Kier alpha value is -7.88. The zero-order valence-electron chi connectivity index (χ0n) is 47.4. The van der Waals surface area contributed by atoms with Crippen LogP contribution in [-0.4, -0.2) is 140 Å². The molecule has 0 saturated carbocycles. The number of nitrogens with zero attached hydrogens (tertiary/aromatic N) is 5. The lowest BCUT2D eigenvalue weighted by Gasteiger charge is -2.35. The van der Waals surface area contributed by atoms with Crippen molar-refractivity contribution in [2.24, 2.45) is 5.41 Å². The summed E-state index contributed by atoms with van der Waals surface area (Å²) in [4.78, 5) is 80.7. The number of likely N-dealkylation sites (tertiary alicyclic amines) is 1. The van der Waals surface area contributed by atoms with Crippen LogP contribution in [0.1, 0.15) is 59.2 Å². The molecule has 0 bridgehead atoms. The van der Waals surface area contributed by atoms with Gasteiger partial charge in [0.1, 0.15) is 47.8 Å². The monoisotopic (exact) mass is 1210 g/mol. The summed E-state index contributed by atoms with van der Waals surface area (Å²) in [7, 11) is -3.87. The lowest BCUT2D eigenvalue weighted by atomic mass is 9.85. The van der Waals surface area contributed by atoms with Gasteiger partial charge in [0.2, 0.25) is 11.8 Å². The van der Waals surface area contributed by atoms with E-state index in [0.717, 1.165) is 49.7 Å². The molecular weight excluding hydrogens is 1140 g/mol. The molecular formula is C58H66N8O15S3. The highest BCUT2D eigenvalue weighted by atomic mass is 32.2. The molecule has 0 spiro atoms. The molecule has 4 heterocycles. The Morgan fingerprint density at radius 3 is 2.13 bits per heavy atom. The van der Waals surface area contributed by atoms with E-state index in [9.17, 15) is 37.7 Å². The Kier molecular flexibility index (Phi) is 20.5. The summed E-state index contributed by atoms with van der Waals surface area (Å²) in [6, 6.07) is 20.9. The molecule has 7 aromatic rings. The zero-order chi connectivity index (χ0) is 60.2. The molecule has 446 valence electrons. The van der Waals surface area contributed by atoms with Crippen LogP contribution in [0.4, 0.5) is 26.7 Å². The third-order valence-corrected chi connectivity index (χ3v) is 17.7. The van der Waals surface area contributed by atoms with Crippen molar-refractivity contribution in [1.29, 1.82) is 0 Å². The summed E-state index contributed by atoms with van der Waals surface area (Å²) in [6.07, 6.45) is -1.53. The minimum atomic E-state index is -3.87. The molecule has 8 rings (SSSR count). The minimum absolute atomic E-state index is 0.00816. The normalized spacial score (nSPS) is 14.9. The number of nitro benzene ring substituents is 1. The van der Waals surface area contributed by atoms with Crippen molar-refractivity contribution < 1.29 is 65.7 Å². The molecule has 23 nitrogen and oxygen atoms in total. The maximum absolute atomic E-state index is 14.5. The molecule has 26 heteroatoms. The van der Waals surface area contributed by atoms with Crippen molar-refractivity contribution in [3.63, 3.8) is 0 Å². The van der Waals surface area contributed by atoms with E-state index in [0.29, 0.717) is 16.6 Å². The SMILES string of the molecule is Cc1ncsc1-c1ccc(CNC(=O)[C@@H]2C[C@@H](OC(=O)Oc3ccc([N+](=O)[O-])cc3)CN2C(=O)[C@@H](NC(=O)OCCOCCOCCOCCOc2cc3nccc(Nc4ccc5scnc5c4)c3cc2S(=O)(=O)C(C)(C)C)C(C)(C)C)cc1. The Labute approximate surface area is 493 Å². The van der Waals surface area contributed by atoms with Gasteiger partial charge in [0, 0.05) is 54.1 Å². The number of non-ortho nitro benzene ring substituents is 1. The molecule has 0 aliphatic carbocycles. The van der Waals surface area contributed by atoms with Gasteiger partial charge in [-0.2, -0.15) is 0 Å². The van der Waals surface area contributed by atoms with Gasteiger partial charge in [0.15, 0.2) is 9.84 Å². The predicted octanol–water partition coefficient (Wildman–Crippen LogP) is 9.57. The number of rotatable bonds is 25. The number of benzene rings is 4. The molecule has 1 aliphatic rings. The smallest absolute Gasteiger partial charge is 0.490 e. The number of nitro groups is 1. The van der Waals surface area contributed by atoms with Gasteiger partial charge < -0.3 is 54.0 Å². The molecule has 84 heavy (non-hydrogen) atoms. The Morgan fingerprint density at radius 2 is 1.48 bits per heavy atom. The van der Waals surface area contributed by atoms with Crippen molar-refractivity contribution in [3.05, 3.63) is 124 Å². The van der Waals surface area contributed by atoms with E-state index < -0.39 is 67.2 Å². The van der Waals surface area contributed by atoms with Crippen molar-refractivity contribution >= 4 is 94.8 Å². The number of carbonyl (C=O) groups is 4. The van der Waals surface area contributed by atoms with Crippen LogP contribution in [0.25, 0.3) is 31.6 Å². The lowest BCUT2D eigenvalue weighted by molar-refractivity contribution is -0.384. The number of aryl methyl sites for hydroxylation is 1. The summed E-state index contributed by atoms with van der Waals surface area (Å²) in [5.74, 6) is -1.01. The first-order chi connectivity index (χ1) is 40.0. The number of carbonyl (C=O) groups excluding carboxylic acids is 4. The number of aromatic nitrogens is 3. The average Bonchev–Trinajstić information content (AvgIpc) is 2.46. The van der Waals surface area contributed by atoms with Crippen LogP contribution in [0.5, 0.6) is 11.5 Å². The fourth-order valence-electron chi connectivity index (χ4n) is 8.85. The second-order valence-electron chi connectivity index (χ2n) is 21.5. The van der Waals surface area contributed by atoms with Gasteiger partial charge in [0.05, 0.1) is 93.2 Å². The first-order valence-electron chi connectivity index (χ1n) is 26.8. The molecule has 3 amide bonds. The van der Waals surface area contributed by atoms with E-state index >= 15 is 0 Å². The summed E-state index contributed by atoms with van der Waals surface area (Å²) in [5.41, 5.74) is 7.98. The third-order valence-electron chi connectivity index (χ3n) is 13.4. The average molecular weight is 1210 g/mol. The van der Waals surface area contributed by atoms with E-state index in [1.165, 1.54) is 28.4 Å². The van der Waals surface area contributed by atoms with Crippen molar-refractivity contribution in [2.45, 2.75) is 89.3 Å². The summed E-state index contributed by atoms with van der Waals surface area (Å²) in [6.45, 7) is 12.8. The number of hydrogen-bond donors (Lipinski definition) is 3. The van der Waals surface area contributed by atoms with E-state index in [4.69, 9.17) is 33.2 Å². The van der Waals surface area contributed by atoms with E-state index in [-0.39, 0.29) is 94.4 Å². The molecule has 0 radical (unpaired) electrons. The standard InChI is InChI=1S/C58H66N8O15S3/c1-36-51(83-34-61-36)38-10-8-37(9-11-38)32-60-53(67)47-29-42(81-56(70)80-41-15-13-40(14-16-41)66(71)72)33-65(47)54(68)52(57(2,3)4)64-55(69)79-27-25-77-23-21-75-20-22-76-24-26-78-48-31-45-43(30-50(48)84(73,74)58(5,6)7)44(18-19-59-45)63-39-12-17-49-46(28-39)62-35-82-49/h8-19,28,30-31,34-35,42,47,52H,20-27,29,32-33H2,1-7H3,(H,59,63)(H,60,67)(H,64,69)/t42-,47+,52-/m1/s1. The summed E-state index contributed by atoms with van der Waals surface area (Å²) < 4.78 is 66.9. The van der Waals surface area contributed by atoms with E-state index in [1.807, 2.05) is 49.4 Å². The number of thiazole rings is 2. The number of pyridine rings is 1. The largest absolute Gasteiger partial charge is 0.514 e. The summed E-state index contributed by atoms with van der Waals surface area (Å²) >= 11 is 3.07. The van der Waals surface area contributed by atoms with Gasteiger partial charge in [-0.3, -0.25) is 24.7 Å². The van der Waals surface area contributed by atoms with Crippen molar-refractivity contribution in [3.8, 4) is 21.9 Å². The van der Waals surface area contributed by atoms with Crippen molar-refractivity contribution in [2.75, 3.05) is 64.7 Å². The predicted molar refractivity (Wildman–Crippen MR) is 316 cm³/mol. The molecule has 1 fully saturated rings. The second-order valence-corrected chi connectivity index (χ2v) is 25.9. The van der Waals surface area contributed by atoms with Gasteiger partial charge in [-0.15, -0.1) is 22.7 Å². The van der Waals surface area contributed by atoms with Crippen LogP contribution in [0, 0.1) is 22.5 Å². The molecule has 0 unspecified atom stereocenters. The summed E-state index contributed by atoms with van der Waals surface area (Å²) in [5, 5.41) is 20.6. The molecule has 1 aliphatic heterocycles. The van der Waals surface area contributed by atoms with Gasteiger partial charge in [0.25, 0.3) is 5.69 Å². The minimum Gasteiger partial charge on any atom is -0.490 e. The fourth-order valence-corrected chi connectivity index (χ4v) is 11.6. The molecule has 3 N–H and O–H groups in total. The molecule has 3 aromatic heterocycles. The fraction of sp³-hybridized carbons (Fsp3) is 0.397. The van der Waals surface area contributed by atoms with Crippen molar-refractivity contribution in [1.82, 2.24) is 30.5 Å². The Bertz CT molecular complexity index is 3570. The van der Waals surface area contributed by atoms with Gasteiger partial charge in [-0.1, -0.05) is 45.0 Å². The highest BCUT2D eigenvalue weighted by molar-refractivity contribution is 7.92. The number of fused-ring (bicyclic) bond motifs is 2. The van der Waals surface area contributed by atoms with Crippen LogP contribution in [0.2, 0.25) is 0 Å². The van der Waals surface area contributed by atoms with E-state index in [1.54, 1.807) is 88.3 Å². The van der Waals surface area contributed by atoms with Crippen LogP contribution in [0.3, 0.4) is 0 Å². The molecule has 4 aromatic carbocycles. The number of alkyl carbamates (subject to hydrolysis) is 1. The van der Waals surface area contributed by atoms with Gasteiger partial charge in [-0.05, 0) is 86.7 Å². The first-order valence-corrected chi connectivity index (χ1v) is 30.1. The van der Waals surface area contributed by atoms with Crippen LogP contribution in [-0.2, 0) is 49.7 Å². The van der Waals surface area contributed by atoms with Crippen LogP contribution in [0.15, 0.2) is 107 Å². The second kappa shape index (κ2) is 27.7. The third kappa shape index (κ3) is 16.1. The quantitative estimate of drug-likeness (QED) is 0.0158. The highest BCUT2D eigenvalue weighted by Crippen LogP contribution is 2.38. The number of amides is 3. The first kappa shape index (κ1) is 62.2. The van der Waals surface area contributed by atoms with Gasteiger partial charge in [-0.25, -0.2) is 28.0 Å². The van der Waals surface area contributed by atoms with Gasteiger partial charge >= 0.3 is 12.2 Å². The maximum Gasteiger partial charge on any atom is 0.514 e. The number of sulfone groups is 1. The Morgan fingerprint density at radius 1 is 0.798 bits per heavy atom. The Balaban J connectivity index is 0.772. The number of ether oxygens (including phenoxy) is 7. The molecule has 1 saturated heterocycles. The number of anilines is 2. The lowest BCUT2D eigenvalue weighted by Crippen LogP contribution is -2.57. The van der Waals surface area contributed by atoms with Crippen LogP contribution < -0.4 is 25.4 Å². The number of nitrogens with one attached hydrogen (secondary N) is 3.